The van der Waals surface area contributed by atoms with Crippen molar-refractivity contribution < 1.29 is 18.5 Å². The number of nitrogens with one attached hydrogen (secondary N) is 1. The summed E-state index contributed by atoms with van der Waals surface area (Å²) < 4.78 is 18.8. The Labute approximate surface area is 149 Å². The van der Waals surface area contributed by atoms with Crippen molar-refractivity contribution in [3.05, 3.63) is 65.8 Å². The Morgan fingerprint density at radius 1 is 1.15 bits per heavy atom. The first-order chi connectivity index (χ1) is 12.5. The minimum atomic E-state index is -0.442. The van der Waals surface area contributed by atoms with Crippen molar-refractivity contribution in [2.75, 3.05) is 5.32 Å². The zero-order valence-electron chi connectivity index (χ0n) is 14.0. The summed E-state index contributed by atoms with van der Waals surface area (Å²) >= 11 is 0. The number of Topliss-reactive ketones (excluding diaryl/α,β-unsaturated/α-hetero) is 1. The lowest BCUT2D eigenvalue weighted by Gasteiger charge is -2.05. The maximum atomic E-state index is 13.7. The average molecular weight is 353 g/mol. The highest BCUT2D eigenvalue weighted by molar-refractivity contribution is 5.97. The second-order valence-electron chi connectivity index (χ2n) is 5.68. The van der Waals surface area contributed by atoms with Gasteiger partial charge in [-0.2, -0.15) is 4.98 Å². The van der Waals surface area contributed by atoms with Crippen LogP contribution in [-0.4, -0.2) is 21.8 Å². The zero-order valence-corrected chi connectivity index (χ0v) is 14.0. The van der Waals surface area contributed by atoms with Gasteiger partial charge in [0.1, 0.15) is 5.82 Å². The molecule has 3 aromatic rings. The van der Waals surface area contributed by atoms with Crippen molar-refractivity contribution in [3.8, 4) is 11.4 Å². The molecular formula is C19H16FN3O3. The number of ketones is 1. The molecule has 0 atom stereocenters. The minimum absolute atomic E-state index is 0.0763. The number of amides is 1. The van der Waals surface area contributed by atoms with Crippen LogP contribution in [0.1, 0.15) is 29.6 Å². The Kier molecular flexibility index (Phi) is 5.17. The van der Waals surface area contributed by atoms with Crippen LogP contribution in [0.15, 0.2) is 53.1 Å². The predicted molar refractivity (Wildman–Crippen MR) is 93.1 cm³/mol. The number of benzene rings is 2. The summed E-state index contributed by atoms with van der Waals surface area (Å²) in [6, 6.07) is 12.8. The zero-order chi connectivity index (χ0) is 18.5. The third-order valence-electron chi connectivity index (χ3n) is 3.70. The third-order valence-corrected chi connectivity index (χ3v) is 3.70. The van der Waals surface area contributed by atoms with Crippen LogP contribution in [0.4, 0.5) is 10.1 Å². The smallest absolute Gasteiger partial charge is 0.227 e. The molecule has 26 heavy (non-hydrogen) atoms. The van der Waals surface area contributed by atoms with E-state index in [4.69, 9.17) is 4.52 Å². The molecule has 132 valence electrons. The standard InChI is InChI=1S/C19H16FN3O3/c1-12(24)13-5-4-6-14(11-13)21-17(25)9-10-18-22-19(23-26-18)15-7-2-3-8-16(15)20/h2-8,11H,9-10H2,1H3,(H,21,25). The van der Waals surface area contributed by atoms with Crippen LogP contribution in [0, 0.1) is 5.82 Å². The molecule has 0 fully saturated rings. The fraction of sp³-hybridized carbons (Fsp3) is 0.158. The number of hydrogen-bond donors (Lipinski definition) is 1. The second-order valence-corrected chi connectivity index (χ2v) is 5.68. The molecule has 0 aliphatic rings. The van der Waals surface area contributed by atoms with Crippen molar-refractivity contribution in [1.82, 2.24) is 10.1 Å². The third kappa shape index (κ3) is 4.18. The number of nitrogens with zero attached hydrogens (tertiary/aromatic N) is 2. The van der Waals surface area contributed by atoms with Gasteiger partial charge in [-0.1, -0.05) is 29.4 Å². The van der Waals surface area contributed by atoms with Gasteiger partial charge in [0.25, 0.3) is 0 Å². The van der Waals surface area contributed by atoms with Crippen LogP contribution in [0.25, 0.3) is 11.4 Å². The van der Waals surface area contributed by atoms with Crippen molar-refractivity contribution in [2.45, 2.75) is 19.8 Å². The number of rotatable bonds is 6. The molecule has 0 aliphatic carbocycles. The maximum absolute atomic E-state index is 13.7. The van der Waals surface area contributed by atoms with Gasteiger partial charge in [-0.25, -0.2) is 4.39 Å². The number of carbonyl (C=O) groups excluding carboxylic acids is 2. The Bertz CT molecular complexity index is 952. The van der Waals surface area contributed by atoms with Crippen molar-refractivity contribution in [2.24, 2.45) is 0 Å². The highest BCUT2D eigenvalue weighted by Crippen LogP contribution is 2.19. The van der Waals surface area contributed by atoms with E-state index >= 15 is 0 Å². The van der Waals surface area contributed by atoms with Gasteiger partial charge in [-0.05, 0) is 31.2 Å². The van der Waals surface area contributed by atoms with Gasteiger partial charge in [0.05, 0.1) is 5.56 Å². The first-order valence-corrected chi connectivity index (χ1v) is 8.01. The van der Waals surface area contributed by atoms with Gasteiger partial charge in [0, 0.05) is 24.1 Å². The van der Waals surface area contributed by atoms with Crippen LogP contribution in [0.2, 0.25) is 0 Å². The van der Waals surface area contributed by atoms with E-state index < -0.39 is 5.82 Å². The summed E-state index contributed by atoms with van der Waals surface area (Å²) in [5, 5.41) is 6.46. The number of anilines is 1. The highest BCUT2D eigenvalue weighted by atomic mass is 19.1. The lowest BCUT2D eigenvalue weighted by molar-refractivity contribution is -0.116. The summed E-state index contributed by atoms with van der Waals surface area (Å²) in [7, 11) is 0. The summed E-state index contributed by atoms with van der Waals surface area (Å²) in [5.74, 6) is -0.379. The maximum Gasteiger partial charge on any atom is 0.227 e. The Morgan fingerprint density at radius 3 is 2.73 bits per heavy atom. The lowest BCUT2D eigenvalue weighted by Crippen LogP contribution is -2.12. The van der Waals surface area contributed by atoms with Crippen LogP contribution >= 0.6 is 0 Å². The Morgan fingerprint density at radius 2 is 1.96 bits per heavy atom. The quantitative estimate of drug-likeness (QED) is 0.684. The molecule has 1 heterocycles. The molecule has 1 N–H and O–H groups in total. The number of halogens is 1. The molecule has 7 heteroatoms. The van der Waals surface area contributed by atoms with Crippen LogP contribution < -0.4 is 5.32 Å². The summed E-state index contributed by atoms with van der Waals surface area (Å²) in [5.41, 5.74) is 1.31. The van der Waals surface area contributed by atoms with E-state index in [9.17, 15) is 14.0 Å². The SMILES string of the molecule is CC(=O)c1cccc(NC(=O)CCc2nc(-c3ccccc3F)no2)c1. The molecule has 0 aliphatic heterocycles. The predicted octanol–water partition coefficient (Wildman–Crippen LogP) is 3.65. The molecule has 0 spiro atoms. The highest BCUT2D eigenvalue weighted by Gasteiger charge is 2.13. The summed E-state index contributed by atoms with van der Waals surface area (Å²) in [6.07, 6.45) is 0.336. The van der Waals surface area contributed by atoms with Crippen LogP contribution in [0.5, 0.6) is 0 Å². The molecule has 0 unspecified atom stereocenters. The molecule has 0 saturated heterocycles. The largest absolute Gasteiger partial charge is 0.339 e. The first kappa shape index (κ1) is 17.5. The molecule has 2 aromatic carbocycles. The van der Waals surface area contributed by atoms with E-state index in [-0.39, 0.29) is 41.8 Å². The van der Waals surface area contributed by atoms with Gasteiger partial charge < -0.3 is 9.84 Å². The number of aromatic nitrogens is 2. The van der Waals surface area contributed by atoms with E-state index in [1.807, 2.05) is 0 Å². The van der Waals surface area contributed by atoms with Gasteiger partial charge in [0.2, 0.25) is 17.6 Å². The van der Waals surface area contributed by atoms with Crippen LogP contribution in [0.3, 0.4) is 0 Å². The fourth-order valence-electron chi connectivity index (χ4n) is 2.37. The summed E-state index contributed by atoms with van der Waals surface area (Å²) in [4.78, 5) is 27.5. The topological polar surface area (TPSA) is 85.1 Å². The van der Waals surface area contributed by atoms with Crippen molar-refractivity contribution in [3.63, 3.8) is 0 Å². The van der Waals surface area contributed by atoms with Gasteiger partial charge in [-0.15, -0.1) is 0 Å². The Hall–Kier alpha value is -3.35. The normalized spacial score (nSPS) is 10.5. The van der Waals surface area contributed by atoms with E-state index in [1.54, 1.807) is 42.5 Å². The monoisotopic (exact) mass is 353 g/mol. The molecular weight excluding hydrogens is 337 g/mol. The fourth-order valence-corrected chi connectivity index (χ4v) is 2.37. The molecule has 0 saturated carbocycles. The number of hydrogen-bond acceptors (Lipinski definition) is 5. The van der Waals surface area contributed by atoms with E-state index in [0.29, 0.717) is 11.3 Å². The van der Waals surface area contributed by atoms with E-state index in [2.05, 4.69) is 15.5 Å². The molecule has 3 rings (SSSR count). The molecule has 1 amide bonds. The molecule has 6 nitrogen and oxygen atoms in total. The van der Waals surface area contributed by atoms with E-state index in [0.717, 1.165) is 0 Å². The molecule has 0 bridgehead atoms. The minimum Gasteiger partial charge on any atom is -0.339 e. The number of carbonyl (C=O) groups is 2. The van der Waals surface area contributed by atoms with Gasteiger partial charge in [0.15, 0.2) is 5.78 Å². The average Bonchev–Trinajstić information content (AvgIpc) is 3.09. The first-order valence-electron chi connectivity index (χ1n) is 8.01. The van der Waals surface area contributed by atoms with Gasteiger partial charge >= 0.3 is 0 Å². The number of aryl methyl sites for hydroxylation is 1. The molecule has 0 radical (unpaired) electrons. The second kappa shape index (κ2) is 7.69. The van der Waals surface area contributed by atoms with Gasteiger partial charge in [-0.3, -0.25) is 9.59 Å². The van der Waals surface area contributed by atoms with Crippen LogP contribution in [-0.2, 0) is 11.2 Å². The van der Waals surface area contributed by atoms with E-state index in [1.165, 1.54) is 13.0 Å². The molecule has 1 aromatic heterocycles. The van der Waals surface area contributed by atoms with Crippen molar-refractivity contribution >= 4 is 17.4 Å². The lowest BCUT2D eigenvalue weighted by atomic mass is 10.1. The Balaban J connectivity index is 1.59. The summed E-state index contributed by atoms with van der Waals surface area (Å²) in [6.45, 7) is 1.46. The van der Waals surface area contributed by atoms with Crippen molar-refractivity contribution in [1.29, 1.82) is 0 Å².